The Balaban J connectivity index is 1.73. The van der Waals surface area contributed by atoms with Crippen molar-refractivity contribution in [3.8, 4) is 5.88 Å². The lowest BCUT2D eigenvalue weighted by molar-refractivity contribution is -0.154. The van der Waals surface area contributed by atoms with E-state index in [1.54, 1.807) is 6.07 Å². The maximum absolute atomic E-state index is 12.1. The summed E-state index contributed by atoms with van der Waals surface area (Å²) in [5.74, 6) is 0.189. The molecule has 2 heterocycles. The Bertz CT molecular complexity index is 519. The predicted octanol–water partition coefficient (Wildman–Crippen LogP) is 1.86. The quantitative estimate of drug-likeness (QED) is 0.833. The summed E-state index contributed by atoms with van der Waals surface area (Å²) in [4.78, 5) is 15.4. The number of aromatic nitrogens is 1. The van der Waals surface area contributed by atoms with Gasteiger partial charge in [0.1, 0.15) is 0 Å². The molecule has 1 aliphatic heterocycles. The lowest BCUT2D eigenvalue weighted by atomic mass is 10.1. The highest BCUT2D eigenvalue weighted by atomic mass is 19.4. The number of pyridine rings is 1. The molecule has 23 heavy (non-hydrogen) atoms. The molecular formula is C14H18F3N3O3. The Kier molecular flexibility index (Phi) is 6.03. The molecule has 0 aromatic carbocycles. The molecule has 1 aromatic heterocycles. The van der Waals surface area contributed by atoms with Crippen LogP contribution < -0.4 is 15.4 Å². The number of nitrogens with zero attached hydrogens (tertiary/aromatic N) is 1. The van der Waals surface area contributed by atoms with Crippen LogP contribution in [0, 0.1) is 5.92 Å². The largest absolute Gasteiger partial charge is 0.468 e. The maximum Gasteiger partial charge on any atom is 0.422 e. The van der Waals surface area contributed by atoms with Gasteiger partial charge in [0.2, 0.25) is 5.88 Å². The van der Waals surface area contributed by atoms with Crippen LogP contribution in [0.5, 0.6) is 5.88 Å². The molecule has 6 nitrogen and oxygen atoms in total. The van der Waals surface area contributed by atoms with Crippen molar-refractivity contribution in [3.05, 3.63) is 23.9 Å². The number of carbonyl (C=O) groups excluding carboxylic acids is 1. The normalized spacial score (nSPS) is 17.8. The summed E-state index contributed by atoms with van der Waals surface area (Å²) in [6, 6.07) is 2.61. The second-order valence-electron chi connectivity index (χ2n) is 5.20. The number of amides is 2. The number of hydrogen-bond donors (Lipinski definition) is 2. The molecule has 0 spiro atoms. The summed E-state index contributed by atoms with van der Waals surface area (Å²) >= 11 is 0. The Hall–Kier alpha value is -2.03. The molecule has 1 aliphatic rings. The first-order valence-electron chi connectivity index (χ1n) is 7.16. The summed E-state index contributed by atoms with van der Waals surface area (Å²) in [5.41, 5.74) is 0.594. The molecule has 2 amide bonds. The van der Waals surface area contributed by atoms with Gasteiger partial charge in [0.25, 0.3) is 0 Å². The Morgan fingerprint density at radius 3 is 2.96 bits per heavy atom. The van der Waals surface area contributed by atoms with Crippen LogP contribution in [0.1, 0.15) is 12.0 Å². The summed E-state index contributed by atoms with van der Waals surface area (Å²) in [6.07, 6.45) is -2.17. The Labute approximate surface area is 131 Å². The van der Waals surface area contributed by atoms with E-state index in [0.717, 1.165) is 6.42 Å². The second-order valence-corrected chi connectivity index (χ2v) is 5.20. The highest BCUT2D eigenvalue weighted by Crippen LogP contribution is 2.17. The van der Waals surface area contributed by atoms with E-state index in [-0.39, 0.29) is 18.5 Å². The van der Waals surface area contributed by atoms with Crippen LogP contribution in [0.2, 0.25) is 0 Å². The average Bonchev–Trinajstić information content (AvgIpc) is 3.02. The molecule has 0 bridgehead atoms. The molecule has 2 N–H and O–H groups in total. The number of hydrogen-bond acceptors (Lipinski definition) is 4. The van der Waals surface area contributed by atoms with Crippen LogP contribution >= 0.6 is 0 Å². The zero-order valence-corrected chi connectivity index (χ0v) is 12.4. The standard InChI is InChI=1S/C14H18F3N3O3/c15-14(16,17)9-23-12-5-10(1-3-18-12)6-19-13(21)20-7-11-2-4-22-8-11/h1,3,5,11H,2,4,6-9H2,(H2,19,20,21). The topological polar surface area (TPSA) is 72.5 Å². The van der Waals surface area contributed by atoms with Crippen molar-refractivity contribution in [3.63, 3.8) is 0 Å². The molecule has 0 saturated carbocycles. The number of halogens is 3. The number of rotatable bonds is 6. The zero-order valence-electron chi connectivity index (χ0n) is 12.4. The van der Waals surface area contributed by atoms with Gasteiger partial charge < -0.3 is 20.1 Å². The smallest absolute Gasteiger partial charge is 0.422 e. The van der Waals surface area contributed by atoms with E-state index in [9.17, 15) is 18.0 Å². The lowest BCUT2D eigenvalue weighted by Crippen LogP contribution is -2.38. The third-order valence-electron chi connectivity index (χ3n) is 3.21. The van der Waals surface area contributed by atoms with Crippen LogP contribution in [-0.4, -0.2) is 43.6 Å². The number of carbonyl (C=O) groups is 1. The third kappa shape index (κ3) is 6.72. The summed E-state index contributed by atoms with van der Waals surface area (Å²) in [7, 11) is 0. The van der Waals surface area contributed by atoms with Crippen molar-refractivity contribution < 1.29 is 27.4 Å². The van der Waals surface area contributed by atoms with Crippen molar-refractivity contribution in [2.75, 3.05) is 26.4 Å². The fraction of sp³-hybridized carbons (Fsp3) is 0.571. The fourth-order valence-corrected chi connectivity index (χ4v) is 2.02. The number of alkyl halides is 3. The average molecular weight is 333 g/mol. The molecule has 9 heteroatoms. The number of ether oxygens (including phenoxy) is 2. The maximum atomic E-state index is 12.1. The van der Waals surface area contributed by atoms with Crippen LogP contribution in [0.4, 0.5) is 18.0 Å². The molecule has 0 aliphatic carbocycles. The molecule has 2 rings (SSSR count). The molecule has 1 saturated heterocycles. The lowest BCUT2D eigenvalue weighted by Gasteiger charge is -2.12. The summed E-state index contributed by atoms with van der Waals surface area (Å²) in [6.45, 7) is 0.650. The van der Waals surface area contributed by atoms with Crippen molar-refractivity contribution >= 4 is 6.03 Å². The minimum atomic E-state index is -4.42. The van der Waals surface area contributed by atoms with Crippen molar-refractivity contribution in [1.82, 2.24) is 15.6 Å². The SMILES string of the molecule is O=C(NCc1ccnc(OCC(F)(F)F)c1)NCC1CCOC1. The molecule has 1 aromatic rings. The van der Waals surface area contributed by atoms with Crippen LogP contribution in [0.25, 0.3) is 0 Å². The van der Waals surface area contributed by atoms with Crippen molar-refractivity contribution in [2.45, 2.75) is 19.1 Å². The first-order valence-corrected chi connectivity index (χ1v) is 7.16. The van der Waals surface area contributed by atoms with Crippen LogP contribution in [-0.2, 0) is 11.3 Å². The number of nitrogens with one attached hydrogen (secondary N) is 2. The highest BCUT2D eigenvalue weighted by Gasteiger charge is 2.28. The fourth-order valence-electron chi connectivity index (χ4n) is 2.02. The van der Waals surface area contributed by atoms with Gasteiger partial charge in [0.05, 0.1) is 6.61 Å². The van der Waals surface area contributed by atoms with E-state index in [2.05, 4.69) is 20.4 Å². The van der Waals surface area contributed by atoms with Crippen LogP contribution in [0.15, 0.2) is 18.3 Å². The predicted molar refractivity (Wildman–Crippen MR) is 75.0 cm³/mol. The van der Waals surface area contributed by atoms with Gasteiger partial charge in [-0.25, -0.2) is 9.78 Å². The van der Waals surface area contributed by atoms with E-state index in [1.807, 2.05) is 0 Å². The summed E-state index contributed by atoms with van der Waals surface area (Å²) in [5, 5.41) is 5.35. The molecule has 128 valence electrons. The summed E-state index contributed by atoms with van der Waals surface area (Å²) < 4.78 is 46.0. The third-order valence-corrected chi connectivity index (χ3v) is 3.21. The zero-order chi connectivity index (χ0) is 16.7. The van der Waals surface area contributed by atoms with E-state index in [4.69, 9.17) is 4.74 Å². The van der Waals surface area contributed by atoms with Gasteiger partial charge in [0.15, 0.2) is 6.61 Å². The monoisotopic (exact) mass is 333 g/mol. The van der Waals surface area contributed by atoms with E-state index >= 15 is 0 Å². The first-order chi connectivity index (χ1) is 10.9. The van der Waals surface area contributed by atoms with Gasteiger partial charge in [-0.15, -0.1) is 0 Å². The second kappa shape index (κ2) is 8.00. The molecule has 1 unspecified atom stereocenters. The van der Waals surface area contributed by atoms with Gasteiger partial charge >= 0.3 is 12.2 Å². The van der Waals surface area contributed by atoms with Gasteiger partial charge in [0, 0.05) is 37.9 Å². The van der Waals surface area contributed by atoms with E-state index in [0.29, 0.717) is 31.2 Å². The van der Waals surface area contributed by atoms with Gasteiger partial charge in [-0.3, -0.25) is 0 Å². The Morgan fingerprint density at radius 2 is 2.26 bits per heavy atom. The van der Waals surface area contributed by atoms with Gasteiger partial charge in [-0.05, 0) is 18.1 Å². The molecular weight excluding hydrogens is 315 g/mol. The molecule has 1 fully saturated rings. The first kappa shape index (κ1) is 17.3. The van der Waals surface area contributed by atoms with Crippen molar-refractivity contribution in [2.24, 2.45) is 5.92 Å². The minimum Gasteiger partial charge on any atom is -0.468 e. The van der Waals surface area contributed by atoms with Crippen LogP contribution in [0.3, 0.4) is 0 Å². The molecule has 0 radical (unpaired) electrons. The van der Waals surface area contributed by atoms with Gasteiger partial charge in [-0.2, -0.15) is 13.2 Å². The molecule has 1 atom stereocenters. The minimum absolute atomic E-state index is 0.134. The van der Waals surface area contributed by atoms with Gasteiger partial charge in [-0.1, -0.05) is 0 Å². The Morgan fingerprint density at radius 1 is 1.43 bits per heavy atom. The van der Waals surface area contributed by atoms with E-state index < -0.39 is 12.8 Å². The van der Waals surface area contributed by atoms with E-state index in [1.165, 1.54) is 12.3 Å². The number of urea groups is 1. The highest BCUT2D eigenvalue weighted by molar-refractivity contribution is 5.73. The van der Waals surface area contributed by atoms with Crippen molar-refractivity contribution in [1.29, 1.82) is 0 Å².